The second kappa shape index (κ2) is 11.0. The van der Waals surface area contributed by atoms with Crippen LogP contribution >= 0.6 is 11.8 Å². The number of thioether (sulfide) groups is 1. The third-order valence-corrected chi connectivity index (χ3v) is 7.25. The first-order chi connectivity index (χ1) is 13.8. The minimum Gasteiger partial charge on any atom is -0.480 e. The van der Waals surface area contributed by atoms with Crippen LogP contribution in [0.4, 0.5) is 0 Å². The van der Waals surface area contributed by atoms with Crippen LogP contribution in [0.25, 0.3) is 0 Å². The SMILES string of the molecule is CCCCS(=O)(=O)N[C@@H](C(=O)N[C@@H](CCSC)C(=O)O)C1CCc2ccccc21. The van der Waals surface area contributed by atoms with E-state index in [1.807, 2.05) is 37.4 Å². The summed E-state index contributed by atoms with van der Waals surface area (Å²) in [5.41, 5.74) is 2.04. The van der Waals surface area contributed by atoms with E-state index < -0.39 is 34.0 Å². The average Bonchev–Trinajstić information content (AvgIpc) is 3.11. The van der Waals surface area contributed by atoms with Gasteiger partial charge in [-0.25, -0.2) is 17.9 Å². The van der Waals surface area contributed by atoms with Gasteiger partial charge in [0.2, 0.25) is 15.9 Å². The Kier molecular flexibility index (Phi) is 8.98. The maximum absolute atomic E-state index is 13.1. The van der Waals surface area contributed by atoms with E-state index in [0.717, 1.165) is 24.0 Å². The van der Waals surface area contributed by atoms with E-state index in [1.165, 1.54) is 11.8 Å². The standard InChI is InChI=1S/C20H30N2O5S2/c1-3-4-13-29(26,27)22-18(16-10-9-14-7-5-6-8-15(14)16)19(23)21-17(20(24)25)11-12-28-2/h5-8,16-18,22H,3-4,9-13H2,1-2H3,(H,21,23)(H,24,25)/t16?,17-,18+/m0/s1. The van der Waals surface area contributed by atoms with Crippen LogP contribution in [0, 0.1) is 0 Å². The Balaban J connectivity index is 2.27. The molecule has 1 amide bonds. The van der Waals surface area contributed by atoms with Crippen molar-refractivity contribution >= 4 is 33.7 Å². The van der Waals surface area contributed by atoms with Gasteiger partial charge in [-0.2, -0.15) is 11.8 Å². The van der Waals surface area contributed by atoms with Gasteiger partial charge >= 0.3 is 5.97 Å². The molecule has 3 atom stereocenters. The Morgan fingerprint density at radius 1 is 1.31 bits per heavy atom. The van der Waals surface area contributed by atoms with Gasteiger partial charge in [0, 0.05) is 5.92 Å². The van der Waals surface area contributed by atoms with Crippen molar-refractivity contribution in [1.29, 1.82) is 0 Å². The second-order valence-corrected chi connectivity index (χ2v) is 10.2. The molecule has 1 aliphatic rings. The number of fused-ring (bicyclic) bond motifs is 1. The van der Waals surface area contributed by atoms with Crippen molar-refractivity contribution in [3.63, 3.8) is 0 Å². The van der Waals surface area contributed by atoms with Crippen molar-refractivity contribution in [3.8, 4) is 0 Å². The Hall–Kier alpha value is -1.58. The first-order valence-electron chi connectivity index (χ1n) is 9.89. The van der Waals surface area contributed by atoms with Crippen molar-refractivity contribution in [2.75, 3.05) is 17.8 Å². The molecule has 9 heteroatoms. The average molecular weight is 443 g/mol. The van der Waals surface area contributed by atoms with Crippen molar-refractivity contribution in [1.82, 2.24) is 10.0 Å². The van der Waals surface area contributed by atoms with E-state index in [9.17, 15) is 23.1 Å². The Labute approximate surface area is 177 Å². The molecule has 1 aromatic rings. The highest BCUT2D eigenvalue weighted by molar-refractivity contribution is 7.98. The molecule has 7 nitrogen and oxygen atoms in total. The van der Waals surface area contributed by atoms with Crippen LogP contribution in [0.2, 0.25) is 0 Å². The van der Waals surface area contributed by atoms with Gasteiger partial charge in [0.05, 0.1) is 5.75 Å². The van der Waals surface area contributed by atoms with E-state index in [4.69, 9.17) is 0 Å². The zero-order valence-corrected chi connectivity index (χ0v) is 18.5. The summed E-state index contributed by atoms with van der Waals surface area (Å²) < 4.78 is 27.7. The van der Waals surface area contributed by atoms with Gasteiger partial charge in [0.25, 0.3) is 0 Å². The van der Waals surface area contributed by atoms with Crippen LogP contribution in [0.3, 0.4) is 0 Å². The van der Waals surface area contributed by atoms with E-state index >= 15 is 0 Å². The fourth-order valence-electron chi connectivity index (χ4n) is 3.60. The van der Waals surface area contributed by atoms with E-state index in [-0.39, 0.29) is 18.1 Å². The molecule has 0 saturated carbocycles. The molecule has 0 saturated heterocycles. The predicted octanol–water partition coefficient (Wildman–Crippen LogP) is 2.13. The van der Waals surface area contributed by atoms with Gasteiger partial charge < -0.3 is 10.4 Å². The summed E-state index contributed by atoms with van der Waals surface area (Å²) in [6.07, 6.45) is 4.75. The summed E-state index contributed by atoms with van der Waals surface area (Å²) in [5, 5.41) is 12.0. The molecule has 0 bridgehead atoms. The van der Waals surface area contributed by atoms with Gasteiger partial charge in [-0.05, 0) is 48.8 Å². The fourth-order valence-corrected chi connectivity index (χ4v) is 5.51. The number of unbranched alkanes of at least 4 members (excludes halogenated alkanes) is 1. The lowest BCUT2D eigenvalue weighted by Gasteiger charge is -2.26. The van der Waals surface area contributed by atoms with Gasteiger partial charge in [-0.3, -0.25) is 4.79 Å². The van der Waals surface area contributed by atoms with Crippen LogP contribution in [-0.4, -0.2) is 55.2 Å². The van der Waals surface area contributed by atoms with E-state index in [2.05, 4.69) is 10.0 Å². The summed E-state index contributed by atoms with van der Waals surface area (Å²) >= 11 is 1.49. The molecular weight excluding hydrogens is 412 g/mol. The number of sulfonamides is 1. The normalized spacial score (nSPS) is 18.1. The maximum Gasteiger partial charge on any atom is 0.326 e. The Morgan fingerprint density at radius 3 is 2.69 bits per heavy atom. The minimum atomic E-state index is -3.66. The number of aliphatic carboxylic acids is 1. The first kappa shape index (κ1) is 23.7. The summed E-state index contributed by atoms with van der Waals surface area (Å²) in [4.78, 5) is 24.6. The topological polar surface area (TPSA) is 113 Å². The Bertz CT molecular complexity index is 813. The predicted molar refractivity (Wildman–Crippen MR) is 116 cm³/mol. The second-order valence-electron chi connectivity index (χ2n) is 7.29. The number of carbonyl (C=O) groups is 2. The molecule has 162 valence electrons. The highest BCUT2D eigenvalue weighted by Gasteiger charge is 2.38. The number of hydrogen-bond acceptors (Lipinski definition) is 5. The van der Waals surface area contributed by atoms with Crippen LogP contribution in [0.1, 0.15) is 49.7 Å². The van der Waals surface area contributed by atoms with Crippen molar-refractivity contribution in [3.05, 3.63) is 35.4 Å². The molecule has 1 aromatic carbocycles. The number of amides is 1. The number of carbonyl (C=O) groups excluding carboxylic acids is 1. The highest BCUT2D eigenvalue weighted by Crippen LogP contribution is 2.35. The zero-order valence-electron chi connectivity index (χ0n) is 16.9. The number of hydrogen-bond donors (Lipinski definition) is 3. The Morgan fingerprint density at radius 2 is 2.03 bits per heavy atom. The molecule has 1 unspecified atom stereocenters. The molecule has 0 spiro atoms. The molecule has 0 aliphatic heterocycles. The van der Waals surface area contributed by atoms with Gasteiger partial charge in [0.1, 0.15) is 12.1 Å². The summed E-state index contributed by atoms with van der Waals surface area (Å²) in [7, 11) is -3.66. The smallest absolute Gasteiger partial charge is 0.326 e. The number of aryl methyl sites for hydroxylation is 1. The van der Waals surface area contributed by atoms with Gasteiger partial charge in [0.15, 0.2) is 0 Å². The molecule has 0 aromatic heterocycles. The number of rotatable bonds is 12. The maximum atomic E-state index is 13.1. The number of carboxylic acids is 1. The largest absolute Gasteiger partial charge is 0.480 e. The van der Waals surface area contributed by atoms with Crippen LogP contribution in [-0.2, 0) is 26.0 Å². The quantitative estimate of drug-likeness (QED) is 0.457. The third-order valence-electron chi connectivity index (χ3n) is 5.16. The van der Waals surface area contributed by atoms with E-state index in [1.54, 1.807) is 0 Å². The third kappa shape index (κ3) is 6.72. The number of carboxylic acid groups (broad SMARTS) is 1. The lowest BCUT2D eigenvalue weighted by Crippen LogP contribution is -2.54. The summed E-state index contributed by atoms with van der Waals surface area (Å²) in [5.74, 6) is -1.50. The molecular formula is C20H30N2O5S2. The van der Waals surface area contributed by atoms with Crippen molar-refractivity contribution in [2.24, 2.45) is 0 Å². The lowest BCUT2D eigenvalue weighted by molar-refractivity contribution is -0.142. The summed E-state index contributed by atoms with van der Waals surface area (Å²) in [6.45, 7) is 1.90. The summed E-state index contributed by atoms with van der Waals surface area (Å²) in [6, 6.07) is 5.61. The van der Waals surface area contributed by atoms with Crippen molar-refractivity contribution in [2.45, 2.75) is 57.0 Å². The number of nitrogens with one attached hydrogen (secondary N) is 2. The fraction of sp³-hybridized carbons (Fsp3) is 0.600. The molecule has 0 fully saturated rings. The molecule has 2 rings (SSSR count). The minimum absolute atomic E-state index is 0.0590. The van der Waals surface area contributed by atoms with Crippen LogP contribution in [0.15, 0.2) is 24.3 Å². The van der Waals surface area contributed by atoms with Crippen molar-refractivity contribution < 1.29 is 23.1 Å². The van der Waals surface area contributed by atoms with E-state index in [0.29, 0.717) is 18.6 Å². The molecule has 29 heavy (non-hydrogen) atoms. The van der Waals surface area contributed by atoms with Gasteiger partial charge in [-0.15, -0.1) is 0 Å². The molecule has 0 radical (unpaired) electrons. The molecule has 0 heterocycles. The monoisotopic (exact) mass is 442 g/mol. The first-order valence-corrected chi connectivity index (χ1v) is 12.9. The van der Waals surface area contributed by atoms with Gasteiger partial charge in [-0.1, -0.05) is 37.6 Å². The highest BCUT2D eigenvalue weighted by atomic mass is 32.2. The molecule has 3 N–H and O–H groups in total. The lowest BCUT2D eigenvalue weighted by atomic mass is 9.93. The van der Waals surface area contributed by atoms with Crippen LogP contribution < -0.4 is 10.0 Å². The number of benzene rings is 1. The zero-order chi connectivity index (χ0) is 21.4. The molecule has 1 aliphatic carbocycles. The van der Waals surface area contributed by atoms with Crippen LogP contribution in [0.5, 0.6) is 0 Å².